The van der Waals surface area contributed by atoms with Crippen LogP contribution in [0.3, 0.4) is 0 Å². The number of nitrogens with one attached hydrogen (secondary N) is 2. The molecule has 4 heterocycles. The number of methoxy groups -OCH3 is 1. The van der Waals surface area contributed by atoms with Crippen molar-refractivity contribution in [3.05, 3.63) is 42.5 Å². The molecule has 0 spiro atoms. The quantitative estimate of drug-likeness (QED) is 0.394. The molecule has 2 N–H and O–H groups in total. The first kappa shape index (κ1) is 23.3. The monoisotopic (exact) mass is 498 g/mol. The smallest absolute Gasteiger partial charge is 0.238 e. The molecule has 0 amide bonds. The summed E-state index contributed by atoms with van der Waals surface area (Å²) in [5.74, 6) is 1.42. The topological polar surface area (TPSA) is 135 Å². The second-order valence-corrected chi connectivity index (χ2v) is 10.3. The van der Waals surface area contributed by atoms with E-state index < -0.39 is 10.0 Å². The number of hydrogen-bond donors (Lipinski definition) is 2. The molecule has 0 bridgehead atoms. The molecule has 3 aromatic heterocycles. The van der Waals surface area contributed by atoms with Crippen molar-refractivity contribution in [2.75, 3.05) is 37.8 Å². The Morgan fingerprint density at radius 2 is 2.06 bits per heavy atom. The minimum Gasteiger partial charge on any atom is -0.480 e. The molecule has 4 aromatic rings. The Balaban J connectivity index is 1.51. The number of fused-ring (bicyclic) bond motifs is 1. The average Bonchev–Trinajstić information content (AvgIpc) is 3.47. The molecule has 35 heavy (non-hydrogen) atoms. The number of hydrogen-bond acceptors (Lipinski definition) is 9. The Labute approximate surface area is 202 Å². The normalized spacial score (nSPS) is 17.1. The number of ether oxygens (including phenoxy) is 2. The molecule has 1 aliphatic heterocycles. The van der Waals surface area contributed by atoms with Crippen LogP contribution < -0.4 is 9.46 Å². The van der Waals surface area contributed by atoms with E-state index in [9.17, 15) is 8.42 Å². The van der Waals surface area contributed by atoms with Gasteiger partial charge >= 0.3 is 0 Å². The zero-order valence-electron chi connectivity index (χ0n) is 19.6. The van der Waals surface area contributed by atoms with Crippen LogP contribution in [0, 0.1) is 0 Å². The molecule has 1 aliphatic rings. The highest BCUT2D eigenvalue weighted by atomic mass is 32.2. The maximum Gasteiger partial charge on any atom is 0.238 e. The number of aromatic amines is 1. The Kier molecular flexibility index (Phi) is 6.17. The van der Waals surface area contributed by atoms with Crippen LogP contribution in [0.25, 0.3) is 33.5 Å². The Morgan fingerprint density at radius 3 is 2.83 bits per heavy atom. The molecule has 12 heteroatoms. The molecule has 1 fully saturated rings. The van der Waals surface area contributed by atoms with E-state index in [0.29, 0.717) is 24.6 Å². The van der Waals surface area contributed by atoms with Gasteiger partial charge in [-0.05, 0) is 30.7 Å². The van der Waals surface area contributed by atoms with Gasteiger partial charge < -0.3 is 13.9 Å². The molecule has 1 atom stereocenters. The van der Waals surface area contributed by atoms with Gasteiger partial charge in [0.05, 0.1) is 50.5 Å². The molecule has 1 aromatic carbocycles. The maximum absolute atomic E-state index is 11.8. The summed E-state index contributed by atoms with van der Waals surface area (Å²) in [5.41, 5.74) is 3.26. The van der Waals surface area contributed by atoms with Gasteiger partial charge in [0.1, 0.15) is 11.4 Å². The van der Waals surface area contributed by atoms with Gasteiger partial charge in [0.2, 0.25) is 21.8 Å². The summed E-state index contributed by atoms with van der Waals surface area (Å²) >= 11 is 0. The van der Waals surface area contributed by atoms with Crippen LogP contribution in [0.5, 0.6) is 5.88 Å². The summed E-state index contributed by atoms with van der Waals surface area (Å²) in [6.45, 7) is 5.09. The molecular weight excluding hydrogens is 472 g/mol. The molecule has 0 radical (unpaired) electrons. The van der Waals surface area contributed by atoms with Crippen molar-refractivity contribution in [2.45, 2.75) is 19.6 Å². The molecular formula is C23H26N6O5S. The fourth-order valence-electron chi connectivity index (χ4n) is 4.20. The second-order valence-electron chi connectivity index (χ2n) is 8.56. The van der Waals surface area contributed by atoms with E-state index >= 15 is 0 Å². The number of H-pyrrole nitrogens is 1. The summed E-state index contributed by atoms with van der Waals surface area (Å²) in [6.07, 6.45) is 6.36. The lowest BCUT2D eigenvalue weighted by atomic mass is 10.0. The van der Waals surface area contributed by atoms with Gasteiger partial charge in [0, 0.05) is 35.8 Å². The average molecular weight is 499 g/mol. The number of nitrogens with zero attached hydrogens (tertiary/aromatic N) is 4. The second kappa shape index (κ2) is 9.29. The van der Waals surface area contributed by atoms with Gasteiger partial charge in [-0.1, -0.05) is 0 Å². The van der Waals surface area contributed by atoms with Gasteiger partial charge in [-0.15, -0.1) is 0 Å². The zero-order valence-corrected chi connectivity index (χ0v) is 20.4. The summed E-state index contributed by atoms with van der Waals surface area (Å²) in [7, 11) is -2.09. The van der Waals surface area contributed by atoms with Crippen molar-refractivity contribution < 1.29 is 22.3 Å². The molecule has 0 aliphatic carbocycles. The Morgan fingerprint density at radius 1 is 1.20 bits per heavy atom. The summed E-state index contributed by atoms with van der Waals surface area (Å²) < 4.78 is 43.1. The Bertz CT molecular complexity index is 1460. The highest BCUT2D eigenvalue weighted by Crippen LogP contribution is 2.35. The number of pyridine rings is 1. The highest BCUT2D eigenvalue weighted by molar-refractivity contribution is 7.92. The van der Waals surface area contributed by atoms with Crippen molar-refractivity contribution in [3.8, 4) is 28.5 Å². The van der Waals surface area contributed by atoms with Crippen molar-refractivity contribution in [1.82, 2.24) is 25.1 Å². The first-order chi connectivity index (χ1) is 16.8. The zero-order chi connectivity index (χ0) is 24.6. The van der Waals surface area contributed by atoms with E-state index in [4.69, 9.17) is 13.9 Å². The van der Waals surface area contributed by atoms with Crippen LogP contribution >= 0.6 is 0 Å². The maximum atomic E-state index is 11.8. The third-order valence-electron chi connectivity index (χ3n) is 5.72. The van der Waals surface area contributed by atoms with Crippen molar-refractivity contribution in [1.29, 1.82) is 0 Å². The van der Waals surface area contributed by atoms with Crippen LogP contribution in [0.1, 0.15) is 12.7 Å². The third kappa shape index (κ3) is 5.14. The van der Waals surface area contributed by atoms with Crippen molar-refractivity contribution >= 4 is 26.6 Å². The van der Waals surface area contributed by atoms with E-state index in [-0.39, 0.29) is 17.7 Å². The van der Waals surface area contributed by atoms with E-state index in [2.05, 4.69) is 36.7 Å². The summed E-state index contributed by atoms with van der Waals surface area (Å²) in [5, 5.41) is 8.03. The van der Waals surface area contributed by atoms with Crippen molar-refractivity contribution in [2.24, 2.45) is 0 Å². The van der Waals surface area contributed by atoms with Gasteiger partial charge in [0.25, 0.3) is 0 Å². The van der Waals surface area contributed by atoms with Crippen molar-refractivity contribution in [3.63, 3.8) is 0 Å². The highest BCUT2D eigenvalue weighted by Gasteiger charge is 2.20. The van der Waals surface area contributed by atoms with E-state index in [0.717, 1.165) is 47.1 Å². The lowest BCUT2D eigenvalue weighted by Gasteiger charge is -2.30. The standard InChI is InChI=1S/C23H26N6O5S/c1-14-12-29(4-5-33-14)13-17-10-25-22(34-17)18-6-15(7-20-19(18)11-26-27-20)16-8-21(28-35(3,30)31)23(32-2)24-9-16/h6-11,14,28H,4-5,12-13H2,1-3H3,(H,26,27)/t14-/m1/s1. The molecule has 1 saturated heterocycles. The van der Waals surface area contributed by atoms with Gasteiger partial charge in [-0.2, -0.15) is 5.10 Å². The van der Waals surface area contributed by atoms with Crippen LogP contribution in [-0.4, -0.2) is 72.6 Å². The van der Waals surface area contributed by atoms with Crippen LogP contribution in [0.15, 0.2) is 41.2 Å². The fraction of sp³-hybridized carbons (Fsp3) is 0.348. The number of benzene rings is 1. The SMILES string of the molecule is COc1ncc(-c2cc(-c3ncc(CN4CCO[C@H](C)C4)o3)c3cn[nH]c3c2)cc1NS(C)(=O)=O. The first-order valence-electron chi connectivity index (χ1n) is 11.1. The number of anilines is 1. The van der Waals surface area contributed by atoms with E-state index in [1.807, 2.05) is 12.1 Å². The molecule has 0 saturated carbocycles. The van der Waals surface area contributed by atoms with Crippen LogP contribution in [-0.2, 0) is 21.3 Å². The number of morpholine rings is 1. The Hall–Kier alpha value is -3.48. The third-order valence-corrected chi connectivity index (χ3v) is 6.31. The first-order valence-corrected chi connectivity index (χ1v) is 13.0. The lowest BCUT2D eigenvalue weighted by Crippen LogP contribution is -2.40. The summed E-state index contributed by atoms with van der Waals surface area (Å²) in [6, 6.07) is 5.52. The molecule has 11 nitrogen and oxygen atoms in total. The number of sulfonamides is 1. The predicted octanol–water partition coefficient (Wildman–Crippen LogP) is 2.88. The number of aromatic nitrogens is 4. The van der Waals surface area contributed by atoms with E-state index in [1.54, 1.807) is 24.7 Å². The van der Waals surface area contributed by atoms with Gasteiger partial charge in [0.15, 0.2) is 0 Å². The number of oxazole rings is 1. The molecule has 5 rings (SSSR count). The molecule has 184 valence electrons. The van der Waals surface area contributed by atoms with E-state index in [1.165, 1.54) is 7.11 Å². The lowest BCUT2D eigenvalue weighted by molar-refractivity contribution is -0.0230. The predicted molar refractivity (Wildman–Crippen MR) is 131 cm³/mol. The molecule has 0 unspecified atom stereocenters. The van der Waals surface area contributed by atoms with Gasteiger partial charge in [-0.3, -0.25) is 14.7 Å². The van der Waals surface area contributed by atoms with Crippen LogP contribution in [0.4, 0.5) is 5.69 Å². The minimum absolute atomic E-state index is 0.178. The minimum atomic E-state index is -3.52. The largest absolute Gasteiger partial charge is 0.480 e. The van der Waals surface area contributed by atoms with Gasteiger partial charge in [-0.25, -0.2) is 18.4 Å². The summed E-state index contributed by atoms with van der Waals surface area (Å²) in [4.78, 5) is 11.1. The fourth-order valence-corrected chi connectivity index (χ4v) is 4.75. The van der Waals surface area contributed by atoms with Crippen LogP contribution in [0.2, 0.25) is 0 Å². The number of rotatable bonds is 7.